The molecule has 2 aromatic rings. The fourth-order valence-electron chi connectivity index (χ4n) is 5.41. The van der Waals surface area contributed by atoms with E-state index in [1.807, 2.05) is 18.2 Å². The third-order valence-corrected chi connectivity index (χ3v) is 7.24. The number of fused-ring (bicyclic) bond motifs is 1. The summed E-state index contributed by atoms with van der Waals surface area (Å²) in [5, 5.41) is 0. The number of urea groups is 1. The number of benzene rings is 1. The van der Waals surface area contributed by atoms with Gasteiger partial charge in [-0.25, -0.2) is 4.79 Å². The number of amides is 3. The molecule has 1 aromatic carbocycles. The number of carbonyl (C=O) groups excluding carboxylic acids is 2. The first-order valence-electron chi connectivity index (χ1n) is 12.1. The van der Waals surface area contributed by atoms with Crippen molar-refractivity contribution in [2.75, 3.05) is 40.0 Å². The number of likely N-dealkylation sites (tertiary alicyclic amines) is 1. The van der Waals surface area contributed by atoms with E-state index in [-0.39, 0.29) is 18.5 Å². The standard InChI is InChI=1S/C26H32N4O4/c1-33-15-4-12-30-25(32)29(19-22-5-2-3-11-27-22)24(31)26(30)9-13-28(14-10-26)18-20-6-7-23-21(17-20)8-16-34-23/h2-3,5-7,11,17H,4,8-10,12-16,18-19H2,1H3. The van der Waals surface area contributed by atoms with Crippen molar-refractivity contribution in [3.8, 4) is 5.75 Å². The Morgan fingerprint density at radius 1 is 1.12 bits per heavy atom. The van der Waals surface area contributed by atoms with E-state index < -0.39 is 5.54 Å². The van der Waals surface area contributed by atoms with Crippen LogP contribution in [-0.2, 0) is 29.0 Å². The molecule has 1 spiro atoms. The minimum Gasteiger partial charge on any atom is -0.493 e. The molecule has 8 heteroatoms. The first-order chi connectivity index (χ1) is 16.6. The van der Waals surface area contributed by atoms with Gasteiger partial charge in [0.1, 0.15) is 11.3 Å². The van der Waals surface area contributed by atoms with E-state index in [4.69, 9.17) is 9.47 Å². The van der Waals surface area contributed by atoms with Crippen molar-refractivity contribution in [3.63, 3.8) is 0 Å². The van der Waals surface area contributed by atoms with Crippen LogP contribution in [0.5, 0.6) is 5.75 Å². The molecule has 3 amide bonds. The largest absolute Gasteiger partial charge is 0.493 e. The van der Waals surface area contributed by atoms with Crippen molar-refractivity contribution in [1.29, 1.82) is 0 Å². The quantitative estimate of drug-likeness (QED) is 0.442. The number of imide groups is 1. The first kappa shape index (κ1) is 22.8. The summed E-state index contributed by atoms with van der Waals surface area (Å²) in [5.74, 6) is 0.908. The number of pyridine rings is 1. The molecule has 0 atom stereocenters. The van der Waals surface area contributed by atoms with Crippen molar-refractivity contribution in [3.05, 3.63) is 59.4 Å². The second-order valence-electron chi connectivity index (χ2n) is 9.34. The zero-order valence-electron chi connectivity index (χ0n) is 19.7. The van der Waals surface area contributed by atoms with Gasteiger partial charge in [0.15, 0.2) is 0 Å². The normalized spacial score (nSPS) is 19.7. The fourth-order valence-corrected chi connectivity index (χ4v) is 5.41. The van der Waals surface area contributed by atoms with Gasteiger partial charge in [-0.3, -0.25) is 19.6 Å². The topological polar surface area (TPSA) is 75.2 Å². The van der Waals surface area contributed by atoms with Gasteiger partial charge in [0.2, 0.25) is 0 Å². The smallest absolute Gasteiger partial charge is 0.328 e. The Hall–Kier alpha value is -2.97. The van der Waals surface area contributed by atoms with Crippen LogP contribution in [0, 0.1) is 0 Å². The molecule has 5 rings (SSSR count). The van der Waals surface area contributed by atoms with E-state index >= 15 is 0 Å². The predicted octanol–water partition coefficient (Wildman–Crippen LogP) is 2.85. The second kappa shape index (κ2) is 9.72. The Bertz CT molecular complexity index is 1040. The van der Waals surface area contributed by atoms with Crippen molar-refractivity contribution in [2.24, 2.45) is 0 Å². The summed E-state index contributed by atoms with van der Waals surface area (Å²) in [6, 6.07) is 11.8. The van der Waals surface area contributed by atoms with Gasteiger partial charge in [-0.1, -0.05) is 18.2 Å². The van der Waals surface area contributed by atoms with Crippen LogP contribution < -0.4 is 4.74 Å². The van der Waals surface area contributed by atoms with E-state index in [1.165, 1.54) is 16.0 Å². The average Bonchev–Trinajstić information content (AvgIpc) is 3.40. The third kappa shape index (κ3) is 4.28. The molecule has 3 aliphatic rings. The van der Waals surface area contributed by atoms with Crippen molar-refractivity contribution in [2.45, 2.75) is 44.3 Å². The highest BCUT2D eigenvalue weighted by Gasteiger charge is 2.57. The molecular weight excluding hydrogens is 432 g/mol. The van der Waals surface area contributed by atoms with E-state index in [9.17, 15) is 9.59 Å². The molecule has 3 aliphatic heterocycles. The number of carbonyl (C=O) groups is 2. The van der Waals surface area contributed by atoms with Crippen LogP contribution in [0.25, 0.3) is 0 Å². The summed E-state index contributed by atoms with van der Waals surface area (Å²) in [6.45, 7) is 4.42. The monoisotopic (exact) mass is 464 g/mol. The second-order valence-corrected chi connectivity index (χ2v) is 9.34. The number of aromatic nitrogens is 1. The molecule has 0 aliphatic carbocycles. The molecule has 0 radical (unpaired) electrons. The molecule has 0 unspecified atom stereocenters. The van der Waals surface area contributed by atoms with E-state index in [2.05, 4.69) is 28.1 Å². The number of nitrogens with zero attached hydrogens (tertiary/aromatic N) is 4. The van der Waals surface area contributed by atoms with Crippen LogP contribution in [-0.4, -0.2) is 77.1 Å². The van der Waals surface area contributed by atoms with Gasteiger partial charge in [-0.15, -0.1) is 0 Å². The summed E-state index contributed by atoms with van der Waals surface area (Å²) in [4.78, 5) is 37.0. The summed E-state index contributed by atoms with van der Waals surface area (Å²) in [7, 11) is 1.66. The maximum Gasteiger partial charge on any atom is 0.328 e. The maximum absolute atomic E-state index is 13.7. The SMILES string of the molecule is COCCCN1C(=O)N(Cc2ccccn2)C(=O)C12CCN(Cc1ccc3c(c1)CCO3)CC2. The van der Waals surface area contributed by atoms with Crippen LogP contribution in [0.15, 0.2) is 42.6 Å². The molecular formula is C26H32N4O4. The Kier molecular flexibility index (Phi) is 6.52. The van der Waals surface area contributed by atoms with Gasteiger partial charge < -0.3 is 14.4 Å². The average molecular weight is 465 g/mol. The van der Waals surface area contributed by atoms with Crippen LogP contribution >= 0.6 is 0 Å². The number of hydrogen-bond acceptors (Lipinski definition) is 6. The van der Waals surface area contributed by atoms with E-state index in [1.54, 1.807) is 18.2 Å². The zero-order chi connectivity index (χ0) is 23.5. The van der Waals surface area contributed by atoms with Gasteiger partial charge in [0.25, 0.3) is 5.91 Å². The van der Waals surface area contributed by atoms with E-state index in [0.717, 1.165) is 44.1 Å². The molecule has 0 saturated carbocycles. The highest BCUT2D eigenvalue weighted by Crippen LogP contribution is 2.38. The molecule has 0 N–H and O–H groups in total. The molecule has 0 bridgehead atoms. The van der Waals surface area contributed by atoms with Gasteiger partial charge in [-0.05, 0) is 48.6 Å². The van der Waals surface area contributed by atoms with Crippen molar-refractivity contribution >= 4 is 11.9 Å². The van der Waals surface area contributed by atoms with Gasteiger partial charge in [-0.2, -0.15) is 0 Å². The minimum absolute atomic E-state index is 0.0881. The number of piperidine rings is 1. The number of rotatable bonds is 8. The summed E-state index contributed by atoms with van der Waals surface area (Å²) < 4.78 is 10.8. The van der Waals surface area contributed by atoms with Gasteiger partial charge >= 0.3 is 6.03 Å². The lowest BCUT2D eigenvalue weighted by Crippen LogP contribution is -2.56. The van der Waals surface area contributed by atoms with Crippen molar-refractivity contribution in [1.82, 2.24) is 19.7 Å². The van der Waals surface area contributed by atoms with Crippen LogP contribution in [0.1, 0.15) is 36.1 Å². The fraction of sp³-hybridized carbons (Fsp3) is 0.500. The summed E-state index contributed by atoms with van der Waals surface area (Å²) in [6.07, 6.45) is 4.63. The predicted molar refractivity (Wildman–Crippen MR) is 126 cm³/mol. The number of hydrogen-bond donors (Lipinski definition) is 0. The summed E-state index contributed by atoms with van der Waals surface area (Å²) >= 11 is 0. The first-order valence-corrected chi connectivity index (χ1v) is 12.1. The summed E-state index contributed by atoms with van der Waals surface area (Å²) in [5.41, 5.74) is 2.48. The molecule has 180 valence electrons. The van der Waals surface area contributed by atoms with Gasteiger partial charge in [0.05, 0.1) is 18.8 Å². The lowest BCUT2D eigenvalue weighted by atomic mass is 9.85. The Morgan fingerprint density at radius 2 is 1.97 bits per heavy atom. The third-order valence-electron chi connectivity index (χ3n) is 7.24. The molecule has 34 heavy (non-hydrogen) atoms. The Balaban J connectivity index is 1.30. The molecule has 4 heterocycles. The van der Waals surface area contributed by atoms with E-state index in [0.29, 0.717) is 32.4 Å². The number of methoxy groups -OCH3 is 1. The highest BCUT2D eigenvalue weighted by atomic mass is 16.5. The zero-order valence-corrected chi connectivity index (χ0v) is 19.7. The Labute approximate surface area is 200 Å². The van der Waals surface area contributed by atoms with Gasteiger partial charge in [0, 0.05) is 52.5 Å². The highest BCUT2D eigenvalue weighted by molar-refractivity contribution is 6.07. The molecule has 2 fully saturated rings. The van der Waals surface area contributed by atoms with Crippen LogP contribution in [0.3, 0.4) is 0 Å². The maximum atomic E-state index is 13.7. The molecule has 8 nitrogen and oxygen atoms in total. The lowest BCUT2D eigenvalue weighted by molar-refractivity contribution is -0.136. The Morgan fingerprint density at radius 3 is 2.74 bits per heavy atom. The number of ether oxygens (including phenoxy) is 2. The molecule has 2 saturated heterocycles. The molecule has 1 aromatic heterocycles. The van der Waals surface area contributed by atoms with Crippen LogP contribution in [0.4, 0.5) is 4.79 Å². The van der Waals surface area contributed by atoms with Crippen LogP contribution in [0.2, 0.25) is 0 Å². The van der Waals surface area contributed by atoms with Crippen molar-refractivity contribution < 1.29 is 19.1 Å². The lowest BCUT2D eigenvalue weighted by Gasteiger charge is -2.42. The minimum atomic E-state index is -0.776.